The number of aliphatic hydroxyl groups excluding tert-OH is 1. The van der Waals surface area contributed by atoms with Crippen molar-refractivity contribution in [1.29, 1.82) is 0 Å². The molecule has 0 saturated carbocycles. The van der Waals surface area contributed by atoms with Gasteiger partial charge in [-0.2, -0.15) is 0 Å². The second-order valence-corrected chi connectivity index (χ2v) is 10.6. The number of carbonyl (C=O) groups excluding carboxylic acids is 1. The number of hydrogen-bond acceptors (Lipinski definition) is 8. The SMILES string of the molecule is CC(=O)NC1CCN(c2ccc(-c3oc4ncnc(N5CCCCC5CO)c4c3-c3ccc(F)cc3)cn2)CC1. The van der Waals surface area contributed by atoms with Crippen molar-refractivity contribution in [1.82, 2.24) is 20.3 Å². The molecule has 4 aromatic rings. The van der Waals surface area contributed by atoms with Crippen LogP contribution in [0.5, 0.6) is 0 Å². The maximum Gasteiger partial charge on any atom is 0.232 e. The van der Waals surface area contributed by atoms with Crippen molar-refractivity contribution in [2.24, 2.45) is 0 Å². The molecule has 1 amide bonds. The minimum atomic E-state index is -0.320. The first kappa shape index (κ1) is 26.2. The monoisotopic (exact) mass is 544 g/mol. The highest BCUT2D eigenvalue weighted by Gasteiger charge is 2.29. The molecule has 10 heteroatoms. The van der Waals surface area contributed by atoms with Crippen LogP contribution < -0.4 is 15.1 Å². The Hall–Kier alpha value is -4.05. The number of benzene rings is 1. The second-order valence-electron chi connectivity index (χ2n) is 10.6. The average Bonchev–Trinajstić information content (AvgIpc) is 3.38. The number of aliphatic hydroxyl groups is 1. The molecule has 208 valence electrons. The van der Waals surface area contributed by atoms with Crippen LogP contribution >= 0.6 is 0 Å². The Morgan fingerprint density at radius 2 is 1.80 bits per heavy atom. The van der Waals surface area contributed by atoms with Crippen molar-refractivity contribution in [3.05, 3.63) is 54.7 Å². The molecule has 0 spiro atoms. The van der Waals surface area contributed by atoms with Crippen molar-refractivity contribution in [2.45, 2.75) is 51.1 Å². The second kappa shape index (κ2) is 11.2. The van der Waals surface area contributed by atoms with E-state index in [4.69, 9.17) is 9.40 Å². The quantitative estimate of drug-likeness (QED) is 0.364. The van der Waals surface area contributed by atoms with Crippen molar-refractivity contribution < 1.29 is 18.7 Å². The van der Waals surface area contributed by atoms with Crippen LogP contribution in [-0.4, -0.2) is 64.3 Å². The maximum absolute atomic E-state index is 13.9. The van der Waals surface area contributed by atoms with E-state index >= 15 is 0 Å². The number of hydrogen-bond donors (Lipinski definition) is 2. The fraction of sp³-hybridized carbons (Fsp3) is 0.400. The van der Waals surface area contributed by atoms with Crippen molar-refractivity contribution in [3.63, 3.8) is 0 Å². The number of nitrogens with one attached hydrogen (secondary N) is 1. The lowest BCUT2D eigenvalue weighted by atomic mass is 9.98. The van der Waals surface area contributed by atoms with E-state index in [1.165, 1.54) is 18.5 Å². The Bertz CT molecular complexity index is 1480. The lowest BCUT2D eigenvalue weighted by molar-refractivity contribution is -0.119. The number of piperidine rings is 2. The van der Waals surface area contributed by atoms with Gasteiger partial charge in [-0.05, 0) is 61.9 Å². The van der Waals surface area contributed by atoms with E-state index in [2.05, 4.69) is 25.1 Å². The lowest BCUT2D eigenvalue weighted by Gasteiger charge is -2.35. The van der Waals surface area contributed by atoms with Crippen molar-refractivity contribution in [3.8, 4) is 22.5 Å². The van der Waals surface area contributed by atoms with Crippen LogP contribution in [0.3, 0.4) is 0 Å². The summed E-state index contributed by atoms with van der Waals surface area (Å²) in [6.45, 7) is 3.98. The third-order valence-electron chi connectivity index (χ3n) is 7.95. The van der Waals surface area contributed by atoms with Gasteiger partial charge >= 0.3 is 0 Å². The molecule has 2 fully saturated rings. The standard InChI is InChI=1S/C30H33FN6O3/c1-19(39)35-23-11-14-36(15-12-23)25-10-7-21(16-32-25)28-26(20-5-8-22(31)9-6-20)27-29(33-18-34-30(27)40-28)37-13-3-2-4-24(37)17-38/h5-10,16,18,23-24,38H,2-4,11-15,17H2,1H3,(H,35,39). The zero-order valence-corrected chi connectivity index (χ0v) is 22.5. The molecular formula is C30H33FN6O3. The first-order valence-corrected chi connectivity index (χ1v) is 13.9. The van der Waals surface area contributed by atoms with Crippen LogP contribution in [0.1, 0.15) is 39.0 Å². The highest BCUT2D eigenvalue weighted by molar-refractivity contribution is 6.06. The number of aromatic nitrogens is 3. The first-order valence-electron chi connectivity index (χ1n) is 13.9. The topological polar surface area (TPSA) is 108 Å². The number of carbonyl (C=O) groups is 1. The minimum absolute atomic E-state index is 0.00346. The number of fused-ring (bicyclic) bond motifs is 1. The van der Waals surface area contributed by atoms with Gasteiger partial charge in [-0.1, -0.05) is 12.1 Å². The van der Waals surface area contributed by atoms with Crippen LogP contribution in [0, 0.1) is 5.82 Å². The van der Waals surface area contributed by atoms with E-state index in [-0.39, 0.29) is 30.4 Å². The normalized spacial score (nSPS) is 18.3. The van der Waals surface area contributed by atoms with Crippen LogP contribution in [0.4, 0.5) is 16.0 Å². The Morgan fingerprint density at radius 1 is 1.02 bits per heavy atom. The number of anilines is 2. The summed E-state index contributed by atoms with van der Waals surface area (Å²) in [5.41, 5.74) is 2.77. The van der Waals surface area contributed by atoms with E-state index in [1.807, 2.05) is 12.1 Å². The summed E-state index contributed by atoms with van der Waals surface area (Å²) in [6.07, 6.45) is 7.97. The van der Waals surface area contributed by atoms with Gasteiger partial charge in [0.05, 0.1) is 18.0 Å². The van der Waals surface area contributed by atoms with Crippen molar-refractivity contribution in [2.75, 3.05) is 36.0 Å². The molecular weight excluding hydrogens is 511 g/mol. The molecule has 2 aliphatic rings. The number of rotatable bonds is 6. The third-order valence-corrected chi connectivity index (χ3v) is 7.95. The molecule has 3 aromatic heterocycles. The zero-order chi connectivity index (χ0) is 27.6. The van der Waals surface area contributed by atoms with E-state index in [1.54, 1.807) is 25.3 Å². The molecule has 6 rings (SSSR count). The number of pyridine rings is 1. The predicted octanol–water partition coefficient (Wildman–Crippen LogP) is 4.55. The lowest BCUT2D eigenvalue weighted by Crippen LogP contribution is -2.44. The largest absolute Gasteiger partial charge is 0.437 e. The van der Waals surface area contributed by atoms with Gasteiger partial charge in [0.2, 0.25) is 11.6 Å². The average molecular weight is 545 g/mol. The summed E-state index contributed by atoms with van der Waals surface area (Å²) in [4.78, 5) is 29.6. The Morgan fingerprint density at radius 3 is 2.50 bits per heavy atom. The summed E-state index contributed by atoms with van der Waals surface area (Å²) in [5, 5.41) is 13.9. The number of nitrogens with zero attached hydrogens (tertiary/aromatic N) is 5. The summed E-state index contributed by atoms with van der Waals surface area (Å²) >= 11 is 0. The fourth-order valence-corrected chi connectivity index (χ4v) is 5.95. The van der Waals surface area contributed by atoms with E-state index < -0.39 is 0 Å². The predicted molar refractivity (Wildman–Crippen MR) is 152 cm³/mol. The molecule has 5 heterocycles. The highest BCUT2D eigenvalue weighted by atomic mass is 19.1. The smallest absolute Gasteiger partial charge is 0.232 e. The summed E-state index contributed by atoms with van der Waals surface area (Å²) in [6, 6.07) is 10.5. The van der Waals surface area contributed by atoms with Crippen LogP contribution in [-0.2, 0) is 4.79 Å². The molecule has 0 radical (unpaired) electrons. The molecule has 9 nitrogen and oxygen atoms in total. The van der Waals surface area contributed by atoms with Crippen molar-refractivity contribution >= 4 is 28.6 Å². The van der Waals surface area contributed by atoms with E-state index in [9.17, 15) is 14.3 Å². The molecule has 2 aliphatic heterocycles. The molecule has 1 aromatic carbocycles. The highest BCUT2D eigenvalue weighted by Crippen LogP contribution is 2.44. The van der Waals surface area contributed by atoms with Gasteiger partial charge in [-0.25, -0.2) is 19.3 Å². The molecule has 0 aliphatic carbocycles. The molecule has 0 bridgehead atoms. The van der Waals surface area contributed by atoms with Crippen LogP contribution in [0.15, 0.2) is 53.3 Å². The Balaban J connectivity index is 1.39. The molecule has 2 N–H and O–H groups in total. The van der Waals surface area contributed by atoms with Gasteiger partial charge in [-0.15, -0.1) is 0 Å². The fourth-order valence-electron chi connectivity index (χ4n) is 5.95. The number of halogens is 1. The van der Waals surface area contributed by atoms with Gasteiger partial charge in [-0.3, -0.25) is 4.79 Å². The number of furan rings is 1. The molecule has 40 heavy (non-hydrogen) atoms. The minimum Gasteiger partial charge on any atom is -0.437 e. The van der Waals surface area contributed by atoms with E-state index in [0.717, 1.165) is 79.6 Å². The third kappa shape index (κ3) is 5.11. The van der Waals surface area contributed by atoms with Gasteiger partial charge in [0, 0.05) is 49.9 Å². The first-order chi connectivity index (χ1) is 19.5. The van der Waals surface area contributed by atoms with Gasteiger partial charge in [0.1, 0.15) is 29.5 Å². The summed E-state index contributed by atoms with van der Waals surface area (Å²) in [7, 11) is 0. The van der Waals surface area contributed by atoms with Crippen LogP contribution in [0.2, 0.25) is 0 Å². The van der Waals surface area contributed by atoms with Gasteiger partial charge in [0.15, 0.2) is 0 Å². The molecule has 1 unspecified atom stereocenters. The van der Waals surface area contributed by atoms with Gasteiger partial charge < -0.3 is 24.6 Å². The summed E-state index contributed by atoms with van der Waals surface area (Å²) in [5.74, 6) is 1.85. The summed E-state index contributed by atoms with van der Waals surface area (Å²) < 4.78 is 20.3. The Labute approximate surface area is 232 Å². The van der Waals surface area contributed by atoms with E-state index in [0.29, 0.717) is 17.3 Å². The maximum atomic E-state index is 13.9. The molecule has 1 atom stereocenters. The van der Waals surface area contributed by atoms with Gasteiger partial charge in [0.25, 0.3) is 0 Å². The number of amides is 1. The van der Waals surface area contributed by atoms with Crippen LogP contribution in [0.25, 0.3) is 33.6 Å². The zero-order valence-electron chi connectivity index (χ0n) is 22.5. The Kier molecular flexibility index (Phi) is 7.34. The molecule has 2 saturated heterocycles.